The monoisotopic (exact) mass is 270 g/mol. The zero-order valence-electron chi connectivity index (χ0n) is 12.2. The van der Waals surface area contributed by atoms with E-state index in [-0.39, 0.29) is 18.4 Å². The van der Waals surface area contributed by atoms with Crippen LogP contribution in [0.5, 0.6) is 0 Å². The molecule has 2 atom stereocenters. The minimum atomic E-state index is -0.797. The summed E-state index contributed by atoms with van der Waals surface area (Å²) in [6.45, 7) is 7.45. The lowest BCUT2D eigenvalue weighted by Crippen LogP contribution is -2.43. The van der Waals surface area contributed by atoms with Crippen molar-refractivity contribution in [3.05, 3.63) is 0 Å². The van der Waals surface area contributed by atoms with E-state index in [1.54, 1.807) is 0 Å². The Morgan fingerprint density at radius 2 is 2.11 bits per heavy atom. The molecule has 2 N–H and O–H groups in total. The summed E-state index contributed by atoms with van der Waals surface area (Å²) in [5.41, 5.74) is 0. The SMILES string of the molecule is CC(C)C[C@H](CNC(=O)N1CCCC1C)CC(=O)O. The van der Waals surface area contributed by atoms with E-state index in [1.165, 1.54) is 0 Å². The van der Waals surface area contributed by atoms with E-state index in [1.807, 2.05) is 4.90 Å². The molecule has 0 saturated carbocycles. The van der Waals surface area contributed by atoms with Gasteiger partial charge in [-0.1, -0.05) is 13.8 Å². The highest BCUT2D eigenvalue weighted by atomic mass is 16.4. The minimum Gasteiger partial charge on any atom is -0.481 e. The molecule has 0 aromatic heterocycles. The molecule has 0 aliphatic carbocycles. The molecule has 1 aliphatic heterocycles. The van der Waals surface area contributed by atoms with Crippen LogP contribution in [0.2, 0.25) is 0 Å². The highest BCUT2D eigenvalue weighted by molar-refractivity contribution is 5.75. The number of carbonyl (C=O) groups excluding carboxylic acids is 1. The van der Waals surface area contributed by atoms with Crippen molar-refractivity contribution in [2.45, 2.75) is 52.5 Å². The van der Waals surface area contributed by atoms with E-state index >= 15 is 0 Å². The van der Waals surface area contributed by atoms with E-state index in [2.05, 4.69) is 26.1 Å². The molecule has 0 aromatic rings. The largest absolute Gasteiger partial charge is 0.481 e. The van der Waals surface area contributed by atoms with Crippen LogP contribution in [0.4, 0.5) is 4.79 Å². The van der Waals surface area contributed by atoms with Gasteiger partial charge in [-0.2, -0.15) is 0 Å². The van der Waals surface area contributed by atoms with Crippen LogP contribution in [0.3, 0.4) is 0 Å². The summed E-state index contributed by atoms with van der Waals surface area (Å²) in [6, 6.07) is 0.243. The van der Waals surface area contributed by atoms with Gasteiger partial charge in [0.25, 0.3) is 0 Å². The Morgan fingerprint density at radius 1 is 1.42 bits per heavy atom. The summed E-state index contributed by atoms with van der Waals surface area (Å²) < 4.78 is 0. The first-order valence-corrected chi connectivity index (χ1v) is 7.16. The number of nitrogens with one attached hydrogen (secondary N) is 1. The molecule has 1 rings (SSSR count). The number of urea groups is 1. The fourth-order valence-electron chi connectivity index (χ4n) is 2.72. The average Bonchev–Trinajstić information content (AvgIpc) is 2.70. The summed E-state index contributed by atoms with van der Waals surface area (Å²) in [5.74, 6) is -0.347. The Bertz CT molecular complexity index is 318. The maximum Gasteiger partial charge on any atom is 0.317 e. The lowest BCUT2D eigenvalue weighted by Gasteiger charge is -2.24. The predicted octanol–water partition coefficient (Wildman–Crippen LogP) is 2.32. The first-order valence-electron chi connectivity index (χ1n) is 7.16. The van der Waals surface area contributed by atoms with E-state index in [0.717, 1.165) is 25.8 Å². The zero-order chi connectivity index (χ0) is 14.4. The summed E-state index contributed by atoms with van der Waals surface area (Å²) in [6.07, 6.45) is 3.05. The van der Waals surface area contributed by atoms with Gasteiger partial charge in [0.15, 0.2) is 0 Å². The number of likely N-dealkylation sites (tertiary alicyclic amines) is 1. The van der Waals surface area contributed by atoms with Crippen LogP contribution in [0.1, 0.15) is 46.5 Å². The number of aliphatic carboxylic acids is 1. The zero-order valence-corrected chi connectivity index (χ0v) is 12.2. The van der Waals surface area contributed by atoms with Gasteiger partial charge in [-0.15, -0.1) is 0 Å². The molecule has 19 heavy (non-hydrogen) atoms. The van der Waals surface area contributed by atoms with Gasteiger partial charge in [0.2, 0.25) is 0 Å². The maximum absolute atomic E-state index is 12.0. The van der Waals surface area contributed by atoms with Crippen molar-refractivity contribution >= 4 is 12.0 Å². The second-order valence-corrected chi connectivity index (χ2v) is 5.96. The minimum absolute atomic E-state index is 0.0133. The van der Waals surface area contributed by atoms with Crippen LogP contribution < -0.4 is 5.32 Å². The highest BCUT2D eigenvalue weighted by Gasteiger charge is 2.25. The van der Waals surface area contributed by atoms with E-state index in [0.29, 0.717) is 18.5 Å². The lowest BCUT2D eigenvalue weighted by molar-refractivity contribution is -0.138. The van der Waals surface area contributed by atoms with Crippen molar-refractivity contribution in [2.75, 3.05) is 13.1 Å². The van der Waals surface area contributed by atoms with Crippen LogP contribution in [0.25, 0.3) is 0 Å². The average molecular weight is 270 g/mol. The molecular formula is C14H26N2O3. The molecule has 0 radical (unpaired) electrons. The number of amides is 2. The molecule has 1 aliphatic rings. The normalized spacial score (nSPS) is 20.6. The number of nitrogens with zero attached hydrogens (tertiary/aromatic N) is 1. The van der Waals surface area contributed by atoms with Crippen molar-refractivity contribution in [1.82, 2.24) is 10.2 Å². The molecule has 2 amide bonds. The van der Waals surface area contributed by atoms with Gasteiger partial charge < -0.3 is 15.3 Å². The van der Waals surface area contributed by atoms with E-state index in [9.17, 15) is 9.59 Å². The molecule has 5 nitrogen and oxygen atoms in total. The summed E-state index contributed by atoms with van der Waals surface area (Å²) in [4.78, 5) is 24.7. The number of hydrogen-bond acceptors (Lipinski definition) is 2. The van der Waals surface area contributed by atoms with Crippen LogP contribution >= 0.6 is 0 Å². The number of carbonyl (C=O) groups is 2. The molecule has 1 fully saturated rings. The van der Waals surface area contributed by atoms with Crippen molar-refractivity contribution in [2.24, 2.45) is 11.8 Å². The van der Waals surface area contributed by atoms with Gasteiger partial charge >= 0.3 is 12.0 Å². The van der Waals surface area contributed by atoms with E-state index < -0.39 is 5.97 Å². The predicted molar refractivity (Wildman–Crippen MR) is 74.0 cm³/mol. The standard InChI is InChI=1S/C14H26N2O3/c1-10(2)7-12(8-13(17)18)9-15-14(19)16-6-4-5-11(16)3/h10-12H,4-9H2,1-3H3,(H,15,19)(H,17,18)/t11?,12-/m0/s1. The summed E-state index contributed by atoms with van der Waals surface area (Å²) >= 11 is 0. The molecular weight excluding hydrogens is 244 g/mol. The summed E-state index contributed by atoms with van der Waals surface area (Å²) in [7, 11) is 0. The van der Waals surface area contributed by atoms with Crippen molar-refractivity contribution in [1.29, 1.82) is 0 Å². The number of carboxylic acid groups (broad SMARTS) is 1. The second kappa shape index (κ2) is 7.36. The Balaban J connectivity index is 2.41. The quantitative estimate of drug-likeness (QED) is 0.778. The number of rotatable bonds is 6. The van der Waals surface area contributed by atoms with Gasteiger partial charge in [-0.05, 0) is 38.0 Å². The fourth-order valence-corrected chi connectivity index (χ4v) is 2.72. The van der Waals surface area contributed by atoms with Crippen LogP contribution in [0, 0.1) is 11.8 Å². The lowest BCUT2D eigenvalue weighted by atomic mass is 9.94. The third-order valence-electron chi connectivity index (χ3n) is 3.62. The molecule has 5 heteroatoms. The van der Waals surface area contributed by atoms with Crippen molar-refractivity contribution in [3.8, 4) is 0 Å². The van der Waals surface area contributed by atoms with Crippen molar-refractivity contribution in [3.63, 3.8) is 0 Å². The van der Waals surface area contributed by atoms with E-state index in [4.69, 9.17) is 5.11 Å². The molecule has 0 spiro atoms. The Morgan fingerprint density at radius 3 is 2.58 bits per heavy atom. The first kappa shape index (κ1) is 15.8. The smallest absolute Gasteiger partial charge is 0.317 e. The fraction of sp³-hybridized carbons (Fsp3) is 0.857. The molecule has 0 bridgehead atoms. The number of hydrogen-bond donors (Lipinski definition) is 2. The first-order chi connectivity index (χ1) is 8.90. The maximum atomic E-state index is 12.0. The third kappa shape index (κ3) is 5.49. The summed E-state index contributed by atoms with van der Waals surface area (Å²) in [5, 5.41) is 11.8. The highest BCUT2D eigenvalue weighted by Crippen LogP contribution is 2.17. The number of carboxylic acids is 1. The molecule has 1 heterocycles. The Labute approximate surface area is 115 Å². The van der Waals surface area contributed by atoms with Gasteiger partial charge in [0.05, 0.1) is 0 Å². The van der Waals surface area contributed by atoms with Crippen LogP contribution in [-0.2, 0) is 4.79 Å². The second-order valence-electron chi connectivity index (χ2n) is 5.96. The van der Waals surface area contributed by atoms with Crippen LogP contribution in [-0.4, -0.2) is 41.1 Å². The molecule has 110 valence electrons. The third-order valence-corrected chi connectivity index (χ3v) is 3.62. The van der Waals surface area contributed by atoms with Crippen molar-refractivity contribution < 1.29 is 14.7 Å². The Hall–Kier alpha value is -1.26. The van der Waals surface area contributed by atoms with Crippen LogP contribution in [0.15, 0.2) is 0 Å². The van der Waals surface area contributed by atoms with Gasteiger partial charge in [-0.25, -0.2) is 4.79 Å². The van der Waals surface area contributed by atoms with Gasteiger partial charge in [-0.3, -0.25) is 4.79 Å². The van der Waals surface area contributed by atoms with Gasteiger partial charge in [0.1, 0.15) is 0 Å². The molecule has 1 unspecified atom stereocenters. The Kier molecular flexibility index (Phi) is 6.12. The molecule has 0 aromatic carbocycles. The topological polar surface area (TPSA) is 69.6 Å². The molecule has 1 saturated heterocycles. The van der Waals surface area contributed by atoms with Gasteiger partial charge in [0, 0.05) is 25.6 Å².